The number of para-hydroxylation sites is 2. The zero-order chi connectivity index (χ0) is 15.9. The fourth-order valence-electron chi connectivity index (χ4n) is 2.76. The number of carbonyl (C=O) groups excluding carboxylic acids is 1. The number of alkyl halides is 1. The molecule has 4 nitrogen and oxygen atoms in total. The highest BCUT2D eigenvalue weighted by molar-refractivity contribution is 9.10. The molecule has 22 heavy (non-hydrogen) atoms. The number of benzene rings is 1. The van der Waals surface area contributed by atoms with Gasteiger partial charge in [-0.3, -0.25) is 4.79 Å². The van der Waals surface area contributed by atoms with E-state index in [4.69, 9.17) is 4.74 Å². The Morgan fingerprint density at radius 1 is 1.27 bits per heavy atom. The van der Waals surface area contributed by atoms with Crippen LogP contribution >= 0.6 is 15.9 Å². The number of carbonyl (C=O) groups is 1. The van der Waals surface area contributed by atoms with Crippen molar-refractivity contribution in [3.63, 3.8) is 0 Å². The SMILES string of the molecule is CCCCC(Br)C(=O)N1CCN(c2ccccc2OC)CC1. The van der Waals surface area contributed by atoms with E-state index in [-0.39, 0.29) is 10.7 Å². The first-order valence-corrected chi connectivity index (χ1v) is 8.89. The average molecular weight is 369 g/mol. The Morgan fingerprint density at radius 3 is 2.59 bits per heavy atom. The Balaban J connectivity index is 1.91. The van der Waals surface area contributed by atoms with Crippen molar-refractivity contribution >= 4 is 27.5 Å². The maximum Gasteiger partial charge on any atom is 0.236 e. The lowest BCUT2D eigenvalue weighted by Crippen LogP contribution is -2.50. The number of hydrogen-bond donors (Lipinski definition) is 0. The molecule has 1 unspecified atom stereocenters. The van der Waals surface area contributed by atoms with Crippen molar-refractivity contribution in [1.29, 1.82) is 0 Å². The Hall–Kier alpha value is -1.23. The molecule has 5 heteroatoms. The highest BCUT2D eigenvalue weighted by atomic mass is 79.9. The predicted molar refractivity (Wildman–Crippen MR) is 94.0 cm³/mol. The third-order valence-corrected chi connectivity index (χ3v) is 4.95. The Bertz CT molecular complexity index is 487. The second kappa shape index (κ2) is 8.42. The van der Waals surface area contributed by atoms with E-state index in [0.717, 1.165) is 56.9 Å². The summed E-state index contributed by atoms with van der Waals surface area (Å²) in [5.74, 6) is 1.12. The van der Waals surface area contributed by atoms with Gasteiger partial charge in [0.25, 0.3) is 0 Å². The number of unbranched alkanes of at least 4 members (excludes halogenated alkanes) is 1. The first kappa shape index (κ1) is 17.1. The number of ether oxygens (including phenoxy) is 1. The molecule has 1 aliphatic rings. The summed E-state index contributed by atoms with van der Waals surface area (Å²) in [6.07, 6.45) is 3.13. The molecule has 1 aromatic rings. The van der Waals surface area contributed by atoms with Crippen LogP contribution in [0.4, 0.5) is 5.69 Å². The number of nitrogens with zero attached hydrogens (tertiary/aromatic N) is 2. The van der Waals surface area contributed by atoms with E-state index < -0.39 is 0 Å². The van der Waals surface area contributed by atoms with Crippen molar-refractivity contribution in [3.8, 4) is 5.75 Å². The summed E-state index contributed by atoms with van der Waals surface area (Å²) in [5, 5.41) is 0. The van der Waals surface area contributed by atoms with Crippen LogP contribution in [0.1, 0.15) is 26.2 Å². The van der Waals surface area contributed by atoms with Gasteiger partial charge in [-0.2, -0.15) is 0 Å². The number of amides is 1. The third kappa shape index (κ3) is 4.15. The van der Waals surface area contributed by atoms with E-state index in [1.54, 1.807) is 7.11 Å². The number of halogens is 1. The topological polar surface area (TPSA) is 32.8 Å². The maximum atomic E-state index is 12.4. The van der Waals surface area contributed by atoms with E-state index in [1.807, 2.05) is 23.1 Å². The molecule has 1 fully saturated rings. The van der Waals surface area contributed by atoms with Crippen LogP contribution < -0.4 is 9.64 Å². The molecule has 0 aliphatic carbocycles. The number of hydrogen-bond acceptors (Lipinski definition) is 3. The summed E-state index contributed by atoms with van der Waals surface area (Å²) < 4.78 is 5.43. The van der Waals surface area contributed by atoms with Gasteiger partial charge in [0.05, 0.1) is 17.6 Å². The standard InChI is InChI=1S/C17H25BrN2O2/c1-3-4-7-14(18)17(21)20-12-10-19(11-13-20)15-8-5-6-9-16(15)22-2/h5-6,8-9,14H,3-4,7,10-13H2,1-2H3. The fourth-order valence-corrected chi connectivity index (χ4v) is 3.38. The van der Waals surface area contributed by atoms with E-state index >= 15 is 0 Å². The van der Waals surface area contributed by atoms with Crippen LogP contribution in [0.5, 0.6) is 5.75 Å². The van der Waals surface area contributed by atoms with Crippen molar-refractivity contribution in [2.75, 3.05) is 38.2 Å². The highest BCUT2D eigenvalue weighted by Gasteiger charge is 2.26. The number of anilines is 1. The molecule has 1 atom stereocenters. The molecular weight excluding hydrogens is 344 g/mol. The lowest BCUT2D eigenvalue weighted by Gasteiger charge is -2.37. The molecule has 0 radical (unpaired) electrons. The quantitative estimate of drug-likeness (QED) is 0.722. The second-order valence-electron chi connectivity index (χ2n) is 5.59. The minimum Gasteiger partial charge on any atom is -0.495 e. The van der Waals surface area contributed by atoms with Crippen molar-refractivity contribution in [3.05, 3.63) is 24.3 Å². The first-order valence-electron chi connectivity index (χ1n) is 7.98. The van der Waals surface area contributed by atoms with Gasteiger partial charge in [0.1, 0.15) is 5.75 Å². The molecule has 0 bridgehead atoms. The van der Waals surface area contributed by atoms with Crippen LogP contribution in [-0.4, -0.2) is 48.9 Å². The molecule has 1 amide bonds. The van der Waals surface area contributed by atoms with Crippen molar-refractivity contribution in [2.45, 2.75) is 31.0 Å². The van der Waals surface area contributed by atoms with Gasteiger partial charge >= 0.3 is 0 Å². The summed E-state index contributed by atoms with van der Waals surface area (Å²) in [6.45, 7) is 5.38. The van der Waals surface area contributed by atoms with Crippen LogP contribution in [0.15, 0.2) is 24.3 Å². The molecule has 0 aromatic heterocycles. The van der Waals surface area contributed by atoms with Crippen molar-refractivity contribution in [1.82, 2.24) is 4.90 Å². The van der Waals surface area contributed by atoms with Crippen molar-refractivity contribution < 1.29 is 9.53 Å². The van der Waals surface area contributed by atoms with E-state index in [0.29, 0.717) is 0 Å². The minimum absolute atomic E-state index is 0.0368. The third-order valence-electron chi connectivity index (χ3n) is 4.10. The van der Waals surface area contributed by atoms with Gasteiger partial charge in [-0.15, -0.1) is 0 Å². The van der Waals surface area contributed by atoms with Crippen LogP contribution in [0.3, 0.4) is 0 Å². The van der Waals surface area contributed by atoms with E-state index in [1.165, 1.54) is 0 Å². The Kier molecular flexibility index (Phi) is 6.55. The molecule has 122 valence electrons. The van der Waals surface area contributed by atoms with Crippen LogP contribution in [0.2, 0.25) is 0 Å². The summed E-state index contributed by atoms with van der Waals surface area (Å²) in [7, 11) is 1.70. The summed E-state index contributed by atoms with van der Waals surface area (Å²) in [5.41, 5.74) is 1.11. The molecule has 0 spiro atoms. The molecule has 2 rings (SSSR count). The van der Waals surface area contributed by atoms with Gasteiger partial charge in [0.2, 0.25) is 5.91 Å². The van der Waals surface area contributed by atoms with Gasteiger partial charge in [0.15, 0.2) is 0 Å². The zero-order valence-corrected chi connectivity index (χ0v) is 15.0. The normalized spacial score (nSPS) is 16.5. The number of methoxy groups -OCH3 is 1. The Labute approximate surface area is 141 Å². The predicted octanol–water partition coefficient (Wildman–Crippen LogP) is 3.30. The Morgan fingerprint density at radius 2 is 1.95 bits per heavy atom. The molecule has 0 saturated carbocycles. The van der Waals surface area contributed by atoms with Crippen molar-refractivity contribution in [2.24, 2.45) is 0 Å². The smallest absolute Gasteiger partial charge is 0.236 e. The van der Waals surface area contributed by atoms with Gasteiger partial charge in [-0.25, -0.2) is 0 Å². The summed E-state index contributed by atoms with van der Waals surface area (Å²) in [6, 6.07) is 8.05. The number of rotatable bonds is 6. The van der Waals surface area contributed by atoms with Gasteiger partial charge in [-0.05, 0) is 18.6 Å². The van der Waals surface area contributed by atoms with E-state index in [2.05, 4.69) is 33.8 Å². The fraction of sp³-hybridized carbons (Fsp3) is 0.588. The van der Waals surface area contributed by atoms with E-state index in [9.17, 15) is 4.79 Å². The lowest BCUT2D eigenvalue weighted by molar-refractivity contribution is -0.130. The largest absolute Gasteiger partial charge is 0.495 e. The molecule has 1 heterocycles. The summed E-state index contributed by atoms with van der Waals surface area (Å²) >= 11 is 3.54. The number of piperazine rings is 1. The van der Waals surface area contributed by atoms with Gasteiger partial charge in [0, 0.05) is 26.2 Å². The molecule has 0 N–H and O–H groups in total. The average Bonchev–Trinajstić information content (AvgIpc) is 2.59. The first-order chi connectivity index (χ1) is 10.7. The van der Waals surface area contributed by atoms with Crippen LogP contribution in [0.25, 0.3) is 0 Å². The molecule has 1 aromatic carbocycles. The summed E-state index contributed by atoms with van der Waals surface area (Å²) in [4.78, 5) is 16.6. The molecular formula is C17H25BrN2O2. The monoisotopic (exact) mass is 368 g/mol. The van der Waals surface area contributed by atoms with Crippen LogP contribution in [-0.2, 0) is 4.79 Å². The highest BCUT2D eigenvalue weighted by Crippen LogP contribution is 2.28. The lowest BCUT2D eigenvalue weighted by atomic mass is 10.1. The van der Waals surface area contributed by atoms with Gasteiger partial charge < -0.3 is 14.5 Å². The zero-order valence-electron chi connectivity index (χ0n) is 13.4. The van der Waals surface area contributed by atoms with Gasteiger partial charge in [-0.1, -0.05) is 47.8 Å². The van der Waals surface area contributed by atoms with Crippen LogP contribution in [0, 0.1) is 0 Å². The molecule has 1 saturated heterocycles. The molecule has 1 aliphatic heterocycles. The minimum atomic E-state index is -0.0368. The maximum absolute atomic E-state index is 12.4. The second-order valence-corrected chi connectivity index (χ2v) is 6.70.